The first-order valence-electron chi connectivity index (χ1n) is 7.53. The zero-order chi connectivity index (χ0) is 16.0. The van der Waals surface area contributed by atoms with Gasteiger partial charge in [-0.1, -0.05) is 0 Å². The lowest BCUT2D eigenvalue weighted by Gasteiger charge is -2.41. The van der Waals surface area contributed by atoms with Gasteiger partial charge in [-0.3, -0.25) is 4.79 Å². The van der Waals surface area contributed by atoms with E-state index in [9.17, 15) is 9.59 Å². The molecule has 0 saturated carbocycles. The van der Waals surface area contributed by atoms with Gasteiger partial charge in [0.25, 0.3) is 0 Å². The number of hydrogen-bond acceptors (Lipinski definition) is 3. The van der Waals surface area contributed by atoms with Crippen LogP contribution < -0.4 is 0 Å². The monoisotopic (exact) mass is 300 g/mol. The third-order valence-electron chi connectivity index (χ3n) is 3.88. The van der Waals surface area contributed by atoms with Gasteiger partial charge in [-0.25, -0.2) is 4.79 Å². The number of likely N-dealkylation sites (tertiary alicyclic amines) is 1. The number of nitrogens with zero attached hydrogens (tertiary/aromatic N) is 2. The summed E-state index contributed by atoms with van der Waals surface area (Å²) in [5.41, 5.74) is -0.379. The molecule has 6 nitrogen and oxygen atoms in total. The van der Waals surface area contributed by atoms with Gasteiger partial charge in [0, 0.05) is 38.9 Å². The van der Waals surface area contributed by atoms with E-state index in [-0.39, 0.29) is 24.5 Å². The Labute approximate surface area is 127 Å². The standard InChI is InChI=1S/C15H28N2O4/c1-15(2,3)17(10-7-13(18)19)14(20)16-8-5-12(6-9-16)11-21-4/h12H,5-11H2,1-4H3,(H,18,19). The van der Waals surface area contributed by atoms with Gasteiger partial charge in [-0.2, -0.15) is 0 Å². The minimum Gasteiger partial charge on any atom is -0.481 e. The Balaban J connectivity index is 2.62. The Kier molecular flexibility index (Phi) is 6.45. The Bertz CT molecular complexity index is 357. The van der Waals surface area contributed by atoms with Crippen molar-refractivity contribution in [2.24, 2.45) is 5.92 Å². The Morgan fingerprint density at radius 3 is 2.29 bits per heavy atom. The van der Waals surface area contributed by atoms with Crippen LogP contribution in [-0.4, -0.2) is 65.8 Å². The van der Waals surface area contributed by atoms with Gasteiger partial charge in [0.15, 0.2) is 0 Å². The number of ether oxygens (including phenoxy) is 1. The van der Waals surface area contributed by atoms with Gasteiger partial charge < -0.3 is 19.6 Å². The molecule has 1 saturated heterocycles. The molecule has 2 amide bonds. The summed E-state index contributed by atoms with van der Waals surface area (Å²) in [6.07, 6.45) is 1.86. The van der Waals surface area contributed by atoms with E-state index >= 15 is 0 Å². The number of carboxylic acid groups (broad SMARTS) is 1. The van der Waals surface area contributed by atoms with Crippen LogP contribution in [-0.2, 0) is 9.53 Å². The topological polar surface area (TPSA) is 70.1 Å². The fourth-order valence-electron chi connectivity index (χ4n) is 2.62. The Hall–Kier alpha value is -1.30. The number of methoxy groups -OCH3 is 1. The van der Waals surface area contributed by atoms with Crippen LogP contribution >= 0.6 is 0 Å². The van der Waals surface area contributed by atoms with E-state index < -0.39 is 5.97 Å². The van der Waals surface area contributed by atoms with E-state index in [0.717, 1.165) is 19.4 Å². The summed E-state index contributed by atoms with van der Waals surface area (Å²) >= 11 is 0. The van der Waals surface area contributed by atoms with Crippen LogP contribution in [0.5, 0.6) is 0 Å². The first kappa shape index (κ1) is 17.8. The second-order valence-electron chi connectivity index (χ2n) is 6.63. The highest BCUT2D eigenvalue weighted by Gasteiger charge is 2.32. The average molecular weight is 300 g/mol. The van der Waals surface area contributed by atoms with Crippen molar-refractivity contribution in [2.75, 3.05) is 33.4 Å². The lowest BCUT2D eigenvalue weighted by molar-refractivity contribution is -0.137. The van der Waals surface area contributed by atoms with Crippen LogP contribution in [0.4, 0.5) is 4.79 Å². The molecule has 1 aliphatic heterocycles. The van der Waals surface area contributed by atoms with Gasteiger partial charge in [-0.15, -0.1) is 0 Å². The molecule has 1 N–H and O–H groups in total. The normalized spacial score (nSPS) is 16.9. The first-order valence-corrected chi connectivity index (χ1v) is 7.53. The van der Waals surface area contributed by atoms with Crippen LogP contribution in [0.15, 0.2) is 0 Å². The van der Waals surface area contributed by atoms with Gasteiger partial charge >= 0.3 is 12.0 Å². The van der Waals surface area contributed by atoms with E-state index in [1.54, 1.807) is 12.0 Å². The van der Waals surface area contributed by atoms with Crippen molar-refractivity contribution in [3.63, 3.8) is 0 Å². The highest BCUT2D eigenvalue weighted by atomic mass is 16.5. The SMILES string of the molecule is COCC1CCN(C(=O)N(CCC(=O)O)C(C)(C)C)CC1. The summed E-state index contributed by atoms with van der Waals surface area (Å²) in [6, 6.07) is -0.0559. The van der Waals surface area contributed by atoms with E-state index in [2.05, 4.69) is 0 Å². The summed E-state index contributed by atoms with van der Waals surface area (Å²) in [5.74, 6) is -0.364. The molecule has 122 valence electrons. The van der Waals surface area contributed by atoms with Crippen molar-refractivity contribution in [3.8, 4) is 0 Å². The van der Waals surface area contributed by atoms with E-state index in [0.29, 0.717) is 19.0 Å². The van der Waals surface area contributed by atoms with Crippen LogP contribution in [0.3, 0.4) is 0 Å². The van der Waals surface area contributed by atoms with Gasteiger partial charge in [0.2, 0.25) is 0 Å². The summed E-state index contributed by atoms with van der Waals surface area (Å²) in [4.78, 5) is 26.9. The molecule has 1 rings (SSSR count). The van der Waals surface area contributed by atoms with Crippen LogP contribution in [0.25, 0.3) is 0 Å². The molecule has 0 spiro atoms. The lowest BCUT2D eigenvalue weighted by atomic mass is 9.98. The molecule has 0 radical (unpaired) electrons. The smallest absolute Gasteiger partial charge is 0.320 e. The molecular weight excluding hydrogens is 272 g/mol. The number of carboxylic acids is 1. The molecule has 0 unspecified atom stereocenters. The molecule has 0 aromatic rings. The molecule has 21 heavy (non-hydrogen) atoms. The zero-order valence-corrected chi connectivity index (χ0v) is 13.6. The summed E-state index contributed by atoms with van der Waals surface area (Å²) < 4.78 is 5.16. The third kappa shape index (κ3) is 5.53. The van der Waals surface area contributed by atoms with Crippen LogP contribution in [0.2, 0.25) is 0 Å². The van der Waals surface area contributed by atoms with Crippen molar-refractivity contribution in [1.82, 2.24) is 9.80 Å². The number of piperidine rings is 1. The minimum absolute atomic E-state index is 0.0247. The number of carbonyl (C=O) groups excluding carboxylic acids is 1. The number of carbonyl (C=O) groups is 2. The molecule has 0 bridgehead atoms. The molecule has 6 heteroatoms. The van der Waals surface area contributed by atoms with E-state index in [1.807, 2.05) is 25.7 Å². The maximum atomic E-state index is 12.6. The molecular formula is C15H28N2O4. The lowest BCUT2D eigenvalue weighted by Crippen LogP contribution is -2.54. The van der Waals surface area contributed by atoms with Crippen LogP contribution in [0.1, 0.15) is 40.0 Å². The Morgan fingerprint density at radius 2 is 1.86 bits per heavy atom. The van der Waals surface area contributed by atoms with Crippen molar-refractivity contribution < 1.29 is 19.4 Å². The van der Waals surface area contributed by atoms with Crippen molar-refractivity contribution in [1.29, 1.82) is 0 Å². The maximum Gasteiger partial charge on any atom is 0.320 e. The van der Waals surface area contributed by atoms with Gasteiger partial charge in [0.05, 0.1) is 6.42 Å². The number of rotatable bonds is 5. The van der Waals surface area contributed by atoms with Crippen molar-refractivity contribution in [2.45, 2.75) is 45.6 Å². The first-order chi connectivity index (χ1) is 9.75. The molecule has 1 fully saturated rings. The maximum absolute atomic E-state index is 12.6. The number of aliphatic carboxylic acids is 1. The second-order valence-corrected chi connectivity index (χ2v) is 6.63. The van der Waals surface area contributed by atoms with Crippen molar-refractivity contribution in [3.05, 3.63) is 0 Å². The van der Waals surface area contributed by atoms with Crippen molar-refractivity contribution >= 4 is 12.0 Å². The van der Waals surface area contributed by atoms with E-state index in [1.165, 1.54) is 0 Å². The molecule has 0 atom stereocenters. The average Bonchev–Trinajstić information content (AvgIpc) is 2.38. The largest absolute Gasteiger partial charge is 0.481 e. The highest BCUT2D eigenvalue weighted by molar-refractivity contribution is 5.76. The van der Waals surface area contributed by atoms with Gasteiger partial charge in [-0.05, 0) is 39.5 Å². The van der Waals surface area contributed by atoms with Gasteiger partial charge in [0.1, 0.15) is 0 Å². The minimum atomic E-state index is -0.879. The Morgan fingerprint density at radius 1 is 1.29 bits per heavy atom. The van der Waals surface area contributed by atoms with E-state index in [4.69, 9.17) is 9.84 Å². The molecule has 1 heterocycles. The molecule has 0 aliphatic carbocycles. The van der Waals surface area contributed by atoms with Crippen LogP contribution in [0, 0.1) is 5.92 Å². The third-order valence-corrected chi connectivity index (χ3v) is 3.88. The predicted molar refractivity (Wildman–Crippen MR) is 80.3 cm³/mol. The second kappa shape index (κ2) is 7.64. The number of hydrogen-bond donors (Lipinski definition) is 1. The summed E-state index contributed by atoms with van der Waals surface area (Å²) in [7, 11) is 1.70. The fourth-order valence-corrected chi connectivity index (χ4v) is 2.62. The number of urea groups is 1. The zero-order valence-electron chi connectivity index (χ0n) is 13.6. The highest BCUT2D eigenvalue weighted by Crippen LogP contribution is 2.22. The molecule has 0 aromatic heterocycles. The summed E-state index contributed by atoms with van der Waals surface area (Å²) in [5, 5.41) is 8.85. The molecule has 1 aliphatic rings. The summed E-state index contributed by atoms with van der Waals surface area (Å²) in [6.45, 7) is 8.22. The quantitative estimate of drug-likeness (QED) is 0.843. The predicted octanol–water partition coefficient (Wildman–Crippen LogP) is 2.04. The fraction of sp³-hybridized carbons (Fsp3) is 0.867. The number of amides is 2. The molecule has 0 aromatic carbocycles.